The van der Waals surface area contributed by atoms with Gasteiger partial charge in [-0.05, 0) is 18.2 Å². The molecule has 3 aromatic rings. The van der Waals surface area contributed by atoms with Crippen molar-refractivity contribution in [2.45, 2.75) is 0 Å². The van der Waals surface area contributed by atoms with E-state index in [4.69, 9.17) is 4.74 Å². The Labute approximate surface area is 126 Å². The summed E-state index contributed by atoms with van der Waals surface area (Å²) < 4.78 is 4.80. The van der Waals surface area contributed by atoms with E-state index in [1.807, 2.05) is 12.1 Å². The van der Waals surface area contributed by atoms with Crippen LogP contribution in [0, 0.1) is 0 Å². The third-order valence-corrected chi connectivity index (χ3v) is 3.21. The van der Waals surface area contributed by atoms with Crippen LogP contribution >= 0.6 is 0 Å². The molecule has 7 nitrogen and oxygen atoms in total. The fourth-order valence-electron chi connectivity index (χ4n) is 2.15. The second kappa shape index (κ2) is 5.72. The molecule has 0 aliphatic carbocycles. The molecule has 0 unspecified atom stereocenters. The van der Waals surface area contributed by atoms with Crippen LogP contribution in [-0.2, 0) is 4.74 Å². The van der Waals surface area contributed by atoms with Crippen molar-refractivity contribution in [3.8, 4) is 0 Å². The molecule has 0 aliphatic rings. The van der Waals surface area contributed by atoms with Crippen LogP contribution in [0.25, 0.3) is 11.0 Å². The van der Waals surface area contributed by atoms with Crippen LogP contribution in [0.4, 0.5) is 17.5 Å². The maximum absolute atomic E-state index is 11.8. The summed E-state index contributed by atoms with van der Waals surface area (Å²) in [6.07, 6.45) is 1.79. The number of benzene rings is 1. The van der Waals surface area contributed by atoms with E-state index < -0.39 is 5.97 Å². The summed E-state index contributed by atoms with van der Waals surface area (Å²) in [6.45, 7) is 0. The number of para-hydroxylation sites is 1. The number of carbonyl (C=O) groups is 1. The van der Waals surface area contributed by atoms with Gasteiger partial charge in [-0.1, -0.05) is 12.1 Å². The molecule has 0 atom stereocenters. The highest BCUT2D eigenvalue weighted by Gasteiger charge is 2.14. The molecule has 0 amide bonds. The highest BCUT2D eigenvalue weighted by Crippen LogP contribution is 2.26. The van der Waals surface area contributed by atoms with Gasteiger partial charge in [0.2, 0.25) is 5.95 Å². The number of ether oxygens (including phenoxy) is 1. The Morgan fingerprint density at radius 2 is 2.05 bits per heavy atom. The van der Waals surface area contributed by atoms with Gasteiger partial charge in [0.15, 0.2) is 5.82 Å². The summed E-state index contributed by atoms with van der Waals surface area (Å²) in [5, 5.41) is 6.08. The van der Waals surface area contributed by atoms with Crippen molar-refractivity contribution in [3.05, 3.63) is 42.1 Å². The van der Waals surface area contributed by atoms with Gasteiger partial charge in [0, 0.05) is 13.2 Å². The molecule has 0 aliphatic heterocycles. The second-order valence-electron chi connectivity index (χ2n) is 4.55. The van der Waals surface area contributed by atoms with Crippen LogP contribution in [-0.4, -0.2) is 35.1 Å². The number of hydrogen-bond donors (Lipinski definition) is 3. The minimum absolute atomic E-state index is 0.409. The van der Waals surface area contributed by atoms with Crippen LogP contribution in [0.3, 0.4) is 0 Å². The van der Waals surface area contributed by atoms with Crippen molar-refractivity contribution in [2.75, 3.05) is 24.8 Å². The summed E-state index contributed by atoms with van der Waals surface area (Å²) in [4.78, 5) is 23.7. The third-order valence-electron chi connectivity index (χ3n) is 3.21. The van der Waals surface area contributed by atoms with E-state index in [0.29, 0.717) is 23.0 Å². The number of fused-ring (bicyclic) bond motifs is 1. The van der Waals surface area contributed by atoms with Crippen LogP contribution in [0.2, 0.25) is 0 Å². The SMILES string of the molecule is CNc1nc(Nc2ccccc2C(=O)OC)c2[nH]ccc2n1. The number of nitrogens with one attached hydrogen (secondary N) is 3. The standard InChI is InChI=1S/C15H15N5O2/c1-16-15-19-11-7-8-17-12(11)13(20-15)18-10-6-4-3-5-9(10)14(21)22-2/h3-8,17H,1-2H3,(H2,16,18,19,20). The van der Waals surface area contributed by atoms with Gasteiger partial charge in [0.1, 0.15) is 5.52 Å². The van der Waals surface area contributed by atoms with E-state index >= 15 is 0 Å². The number of anilines is 3. The van der Waals surface area contributed by atoms with Crippen molar-refractivity contribution in [1.82, 2.24) is 15.0 Å². The Hall–Kier alpha value is -3.09. The lowest BCUT2D eigenvalue weighted by atomic mass is 10.2. The van der Waals surface area contributed by atoms with Gasteiger partial charge in [0.25, 0.3) is 0 Å². The number of nitrogens with zero attached hydrogens (tertiary/aromatic N) is 2. The Morgan fingerprint density at radius 1 is 1.23 bits per heavy atom. The molecular formula is C15H15N5O2. The number of aromatic amines is 1. The van der Waals surface area contributed by atoms with Gasteiger partial charge in [0.05, 0.1) is 23.9 Å². The molecule has 1 aromatic carbocycles. The van der Waals surface area contributed by atoms with Gasteiger partial charge >= 0.3 is 5.97 Å². The highest BCUT2D eigenvalue weighted by atomic mass is 16.5. The molecule has 0 saturated heterocycles. The number of carbonyl (C=O) groups excluding carboxylic acids is 1. The first-order valence-electron chi connectivity index (χ1n) is 6.70. The zero-order chi connectivity index (χ0) is 15.5. The predicted octanol–water partition coefficient (Wildman–Crippen LogP) is 2.53. The number of hydrogen-bond acceptors (Lipinski definition) is 6. The summed E-state index contributed by atoms with van der Waals surface area (Å²) in [7, 11) is 3.10. The summed E-state index contributed by atoms with van der Waals surface area (Å²) in [5.41, 5.74) is 2.59. The minimum atomic E-state index is -0.409. The molecule has 112 valence electrons. The van der Waals surface area contributed by atoms with Gasteiger partial charge in [-0.3, -0.25) is 0 Å². The lowest BCUT2D eigenvalue weighted by Gasteiger charge is -2.11. The topological polar surface area (TPSA) is 91.9 Å². The van der Waals surface area contributed by atoms with E-state index in [1.165, 1.54) is 7.11 Å². The average molecular weight is 297 g/mol. The van der Waals surface area contributed by atoms with Crippen molar-refractivity contribution >= 4 is 34.5 Å². The first-order chi connectivity index (χ1) is 10.7. The zero-order valence-electron chi connectivity index (χ0n) is 12.2. The summed E-state index contributed by atoms with van der Waals surface area (Å²) in [6, 6.07) is 8.96. The predicted molar refractivity (Wildman–Crippen MR) is 84.5 cm³/mol. The maximum Gasteiger partial charge on any atom is 0.339 e. The molecule has 0 radical (unpaired) electrons. The first-order valence-corrected chi connectivity index (χ1v) is 6.70. The molecule has 7 heteroatoms. The van der Waals surface area contributed by atoms with Crippen molar-refractivity contribution < 1.29 is 9.53 Å². The van der Waals surface area contributed by atoms with Crippen molar-refractivity contribution in [1.29, 1.82) is 0 Å². The maximum atomic E-state index is 11.8. The molecule has 3 rings (SSSR count). The van der Waals surface area contributed by atoms with Crippen LogP contribution in [0.15, 0.2) is 36.5 Å². The smallest absolute Gasteiger partial charge is 0.339 e. The lowest BCUT2D eigenvalue weighted by molar-refractivity contribution is 0.0602. The quantitative estimate of drug-likeness (QED) is 0.641. The second-order valence-corrected chi connectivity index (χ2v) is 4.55. The number of rotatable bonds is 4. The number of methoxy groups -OCH3 is 1. The summed E-state index contributed by atoms with van der Waals surface area (Å²) in [5.74, 6) is 0.662. The van der Waals surface area contributed by atoms with Crippen LogP contribution in [0.5, 0.6) is 0 Å². The van der Waals surface area contributed by atoms with Crippen molar-refractivity contribution in [2.24, 2.45) is 0 Å². The van der Waals surface area contributed by atoms with E-state index in [2.05, 4.69) is 25.6 Å². The van der Waals surface area contributed by atoms with Crippen LogP contribution < -0.4 is 10.6 Å². The molecule has 0 spiro atoms. The Balaban J connectivity index is 2.07. The van der Waals surface area contributed by atoms with Gasteiger partial charge in [-0.15, -0.1) is 0 Å². The molecule has 0 fully saturated rings. The lowest BCUT2D eigenvalue weighted by Crippen LogP contribution is -2.07. The molecule has 2 aromatic heterocycles. The highest BCUT2D eigenvalue weighted by molar-refractivity contribution is 5.98. The van der Waals surface area contributed by atoms with Gasteiger partial charge in [-0.2, -0.15) is 4.98 Å². The fourth-order valence-corrected chi connectivity index (χ4v) is 2.15. The summed E-state index contributed by atoms with van der Waals surface area (Å²) >= 11 is 0. The first kappa shape index (κ1) is 13.9. The molecule has 0 saturated carbocycles. The molecule has 0 bridgehead atoms. The third kappa shape index (κ3) is 2.44. The number of esters is 1. The minimum Gasteiger partial charge on any atom is -0.465 e. The zero-order valence-corrected chi connectivity index (χ0v) is 12.2. The van der Waals surface area contributed by atoms with Gasteiger partial charge in [-0.25, -0.2) is 9.78 Å². The number of H-pyrrole nitrogens is 1. The largest absolute Gasteiger partial charge is 0.465 e. The average Bonchev–Trinajstić information content (AvgIpc) is 3.03. The molecule has 3 N–H and O–H groups in total. The normalized spacial score (nSPS) is 10.5. The van der Waals surface area contributed by atoms with E-state index in [1.54, 1.807) is 31.4 Å². The molecule has 2 heterocycles. The molecular weight excluding hydrogens is 282 g/mol. The molecule has 22 heavy (non-hydrogen) atoms. The Morgan fingerprint density at radius 3 is 2.82 bits per heavy atom. The Bertz CT molecular complexity index is 828. The number of aromatic nitrogens is 3. The van der Waals surface area contributed by atoms with E-state index in [-0.39, 0.29) is 0 Å². The van der Waals surface area contributed by atoms with E-state index in [0.717, 1.165) is 11.0 Å². The Kier molecular flexibility index (Phi) is 3.61. The van der Waals surface area contributed by atoms with E-state index in [9.17, 15) is 4.79 Å². The van der Waals surface area contributed by atoms with Crippen LogP contribution in [0.1, 0.15) is 10.4 Å². The fraction of sp³-hybridized carbons (Fsp3) is 0.133. The van der Waals surface area contributed by atoms with Crippen molar-refractivity contribution in [3.63, 3.8) is 0 Å². The van der Waals surface area contributed by atoms with Gasteiger partial charge < -0.3 is 20.4 Å². The monoisotopic (exact) mass is 297 g/mol.